The first-order valence-corrected chi connectivity index (χ1v) is 8.11. The fraction of sp³-hybridized carbons (Fsp3) is 0.600. The zero-order valence-corrected chi connectivity index (χ0v) is 13.3. The number of hydrogen-bond acceptors (Lipinski definition) is 5. The van der Waals surface area contributed by atoms with Gasteiger partial charge in [0.2, 0.25) is 0 Å². The van der Waals surface area contributed by atoms with Gasteiger partial charge >= 0.3 is 0 Å². The molecule has 1 aromatic rings. The van der Waals surface area contributed by atoms with E-state index in [1.54, 1.807) is 12.1 Å². The van der Waals surface area contributed by atoms with Gasteiger partial charge in [-0.2, -0.15) is 0 Å². The van der Waals surface area contributed by atoms with Crippen molar-refractivity contribution in [2.75, 3.05) is 39.3 Å². The van der Waals surface area contributed by atoms with Crippen molar-refractivity contribution in [3.8, 4) is 0 Å². The van der Waals surface area contributed by atoms with Gasteiger partial charge in [0.05, 0.1) is 4.92 Å². The molecule has 0 radical (unpaired) electrons. The van der Waals surface area contributed by atoms with Gasteiger partial charge in [0, 0.05) is 68.5 Å². The molecule has 1 atom stereocenters. The van der Waals surface area contributed by atoms with E-state index in [1.807, 2.05) is 0 Å². The van der Waals surface area contributed by atoms with Crippen molar-refractivity contribution in [3.05, 3.63) is 38.9 Å². The second-order valence-electron chi connectivity index (χ2n) is 5.99. The number of halogens is 1. The average molecular weight is 325 g/mol. The Bertz CT molecular complexity index is 548. The molecule has 0 aliphatic carbocycles. The van der Waals surface area contributed by atoms with Gasteiger partial charge in [-0.3, -0.25) is 19.9 Å². The highest BCUT2D eigenvalue weighted by Gasteiger charge is 2.29. The highest BCUT2D eigenvalue weighted by atomic mass is 35.5. The standard InChI is InChI=1S/C15H21ClN4O2/c16-13-1-2-15(20(21)22)12(9-13)10-18-6-3-14(11-18)19-7-4-17-5-8-19/h1-2,9,14,17H,3-8,10-11H2. The lowest BCUT2D eigenvalue weighted by molar-refractivity contribution is -0.385. The summed E-state index contributed by atoms with van der Waals surface area (Å²) < 4.78 is 0. The maximum atomic E-state index is 11.1. The molecule has 3 rings (SSSR count). The summed E-state index contributed by atoms with van der Waals surface area (Å²) in [6.45, 7) is 6.85. The van der Waals surface area contributed by atoms with Gasteiger partial charge in [0.25, 0.3) is 5.69 Å². The summed E-state index contributed by atoms with van der Waals surface area (Å²) in [6.07, 6.45) is 1.13. The average Bonchev–Trinajstić information content (AvgIpc) is 2.96. The Morgan fingerprint density at radius 3 is 2.82 bits per heavy atom. The van der Waals surface area contributed by atoms with Gasteiger partial charge in [-0.05, 0) is 18.6 Å². The van der Waals surface area contributed by atoms with E-state index in [4.69, 9.17) is 11.6 Å². The first kappa shape index (κ1) is 15.7. The molecule has 0 amide bonds. The number of likely N-dealkylation sites (tertiary alicyclic amines) is 1. The van der Waals surface area contributed by atoms with Crippen molar-refractivity contribution in [3.63, 3.8) is 0 Å². The molecule has 1 aromatic carbocycles. The molecule has 1 unspecified atom stereocenters. The Morgan fingerprint density at radius 1 is 1.32 bits per heavy atom. The predicted molar refractivity (Wildman–Crippen MR) is 86.2 cm³/mol. The number of nitro benzene ring substituents is 1. The summed E-state index contributed by atoms with van der Waals surface area (Å²) in [7, 11) is 0. The van der Waals surface area contributed by atoms with Crippen molar-refractivity contribution < 1.29 is 4.92 Å². The Kier molecular flexibility index (Phi) is 4.93. The van der Waals surface area contributed by atoms with Crippen molar-refractivity contribution in [2.45, 2.75) is 19.0 Å². The molecule has 2 aliphatic rings. The molecule has 2 saturated heterocycles. The lowest BCUT2D eigenvalue weighted by atomic mass is 10.1. The van der Waals surface area contributed by atoms with Gasteiger partial charge in [-0.25, -0.2) is 0 Å². The van der Waals surface area contributed by atoms with E-state index in [9.17, 15) is 10.1 Å². The summed E-state index contributed by atoms with van der Waals surface area (Å²) in [5.74, 6) is 0. The summed E-state index contributed by atoms with van der Waals surface area (Å²) in [4.78, 5) is 15.7. The minimum Gasteiger partial charge on any atom is -0.314 e. The molecule has 22 heavy (non-hydrogen) atoms. The zero-order valence-electron chi connectivity index (χ0n) is 12.5. The number of nitro groups is 1. The molecule has 7 heteroatoms. The van der Waals surface area contributed by atoms with Gasteiger partial charge in [0.1, 0.15) is 0 Å². The lowest BCUT2D eigenvalue weighted by Gasteiger charge is -2.32. The quantitative estimate of drug-likeness (QED) is 0.675. The monoisotopic (exact) mass is 324 g/mol. The molecule has 6 nitrogen and oxygen atoms in total. The van der Waals surface area contributed by atoms with E-state index in [2.05, 4.69) is 15.1 Å². The van der Waals surface area contributed by atoms with Crippen molar-refractivity contribution in [1.29, 1.82) is 0 Å². The maximum Gasteiger partial charge on any atom is 0.273 e. The fourth-order valence-corrected chi connectivity index (χ4v) is 3.60. The Balaban J connectivity index is 1.64. The van der Waals surface area contributed by atoms with Crippen LogP contribution in [0.4, 0.5) is 5.69 Å². The van der Waals surface area contributed by atoms with Crippen LogP contribution in [0.3, 0.4) is 0 Å². The molecule has 120 valence electrons. The van der Waals surface area contributed by atoms with Crippen LogP contribution < -0.4 is 5.32 Å². The van der Waals surface area contributed by atoms with Gasteiger partial charge < -0.3 is 5.32 Å². The SMILES string of the molecule is O=[N+]([O-])c1ccc(Cl)cc1CN1CCC(N2CCNCC2)C1. The van der Waals surface area contributed by atoms with E-state index in [0.29, 0.717) is 23.2 Å². The van der Waals surface area contributed by atoms with Crippen LogP contribution in [0.2, 0.25) is 5.02 Å². The minimum absolute atomic E-state index is 0.162. The molecule has 0 bridgehead atoms. The van der Waals surface area contributed by atoms with Crippen LogP contribution in [-0.4, -0.2) is 60.0 Å². The predicted octanol–water partition coefficient (Wildman–Crippen LogP) is 1.73. The van der Waals surface area contributed by atoms with Gasteiger partial charge in [-0.1, -0.05) is 11.6 Å². The molecule has 2 aliphatic heterocycles. The Hall–Kier alpha value is -1.21. The van der Waals surface area contributed by atoms with Crippen LogP contribution in [0.25, 0.3) is 0 Å². The molecular weight excluding hydrogens is 304 g/mol. The van der Waals surface area contributed by atoms with Crippen molar-refractivity contribution >= 4 is 17.3 Å². The second-order valence-corrected chi connectivity index (χ2v) is 6.43. The molecule has 0 spiro atoms. The van der Waals surface area contributed by atoms with E-state index < -0.39 is 0 Å². The molecule has 2 heterocycles. The van der Waals surface area contributed by atoms with Gasteiger partial charge in [-0.15, -0.1) is 0 Å². The van der Waals surface area contributed by atoms with Crippen LogP contribution in [0, 0.1) is 10.1 Å². The number of nitrogens with one attached hydrogen (secondary N) is 1. The minimum atomic E-state index is -0.324. The molecule has 1 N–H and O–H groups in total. The molecule has 0 saturated carbocycles. The first-order chi connectivity index (χ1) is 10.6. The molecule has 0 aromatic heterocycles. The summed E-state index contributed by atoms with van der Waals surface area (Å²) >= 11 is 6.00. The smallest absolute Gasteiger partial charge is 0.273 e. The third kappa shape index (κ3) is 3.57. The highest BCUT2D eigenvalue weighted by molar-refractivity contribution is 6.30. The number of hydrogen-bond donors (Lipinski definition) is 1. The number of nitrogens with zero attached hydrogens (tertiary/aromatic N) is 3. The van der Waals surface area contributed by atoms with E-state index in [-0.39, 0.29) is 10.6 Å². The Labute approximate surface area is 135 Å². The zero-order chi connectivity index (χ0) is 15.5. The van der Waals surface area contributed by atoms with Crippen LogP contribution in [0.1, 0.15) is 12.0 Å². The topological polar surface area (TPSA) is 61.7 Å². The van der Waals surface area contributed by atoms with Crippen LogP contribution in [0.15, 0.2) is 18.2 Å². The maximum absolute atomic E-state index is 11.1. The van der Waals surface area contributed by atoms with E-state index in [0.717, 1.165) is 45.7 Å². The summed E-state index contributed by atoms with van der Waals surface area (Å²) in [5.41, 5.74) is 0.869. The largest absolute Gasteiger partial charge is 0.314 e. The lowest BCUT2D eigenvalue weighted by Crippen LogP contribution is -2.49. The van der Waals surface area contributed by atoms with Crippen molar-refractivity contribution in [2.24, 2.45) is 0 Å². The van der Waals surface area contributed by atoms with Crippen molar-refractivity contribution in [1.82, 2.24) is 15.1 Å². The third-order valence-electron chi connectivity index (χ3n) is 4.55. The van der Waals surface area contributed by atoms with E-state index in [1.165, 1.54) is 6.07 Å². The fourth-order valence-electron chi connectivity index (χ4n) is 3.40. The Morgan fingerprint density at radius 2 is 2.09 bits per heavy atom. The van der Waals surface area contributed by atoms with Gasteiger partial charge in [0.15, 0.2) is 0 Å². The first-order valence-electron chi connectivity index (χ1n) is 7.73. The molecular formula is C15H21ClN4O2. The number of rotatable bonds is 4. The second kappa shape index (κ2) is 6.91. The van der Waals surface area contributed by atoms with E-state index >= 15 is 0 Å². The highest BCUT2D eigenvalue weighted by Crippen LogP contribution is 2.26. The van der Waals surface area contributed by atoms with Crippen LogP contribution in [-0.2, 0) is 6.54 Å². The third-order valence-corrected chi connectivity index (χ3v) is 4.78. The van der Waals surface area contributed by atoms with Crippen LogP contribution >= 0.6 is 11.6 Å². The normalized spacial score (nSPS) is 23.8. The van der Waals surface area contributed by atoms with Crippen LogP contribution in [0.5, 0.6) is 0 Å². The number of piperazine rings is 1. The molecule has 2 fully saturated rings. The number of benzene rings is 1. The summed E-state index contributed by atoms with van der Waals surface area (Å²) in [5, 5.41) is 15.1. The summed E-state index contributed by atoms with van der Waals surface area (Å²) in [6, 6.07) is 5.37.